The van der Waals surface area contributed by atoms with Crippen LogP contribution in [0.2, 0.25) is 0 Å². The molecular weight excluding hydrogens is 280 g/mol. The van der Waals surface area contributed by atoms with Gasteiger partial charge < -0.3 is 15.0 Å². The Bertz CT molecular complexity index is 553. The molecule has 2 heterocycles. The molecule has 1 aromatic carbocycles. The average Bonchev–Trinajstić information content (AvgIpc) is 3.19. The molecule has 2 aliphatic heterocycles. The van der Waals surface area contributed by atoms with Crippen molar-refractivity contribution in [1.29, 1.82) is 0 Å². The van der Waals surface area contributed by atoms with Crippen LogP contribution >= 0.6 is 0 Å². The first-order valence-electron chi connectivity index (χ1n) is 8.04. The molecule has 5 nitrogen and oxygen atoms in total. The Morgan fingerprint density at radius 1 is 1.36 bits per heavy atom. The van der Waals surface area contributed by atoms with Crippen LogP contribution in [0.3, 0.4) is 0 Å². The van der Waals surface area contributed by atoms with E-state index in [0.717, 1.165) is 44.5 Å². The van der Waals surface area contributed by atoms with E-state index in [1.54, 1.807) is 17.0 Å². The smallest absolute Gasteiger partial charge is 0.251 e. The molecule has 0 aromatic heterocycles. The molecule has 0 aliphatic carbocycles. The lowest BCUT2D eigenvalue weighted by molar-refractivity contribution is -0.117. The van der Waals surface area contributed by atoms with Gasteiger partial charge in [0.05, 0.1) is 6.10 Å². The minimum atomic E-state index is -0.0912. The molecule has 0 bridgehead atoms. The van der Waals surface area contributed by atoms with Crippen molar-refractivity contribution < 1.29 is 14.3 Å². The molecule has 118 valence electrons. The van der Waals surface area contributed by atoms with Gasteiger partial charge in [0.1, 0.15) is 0 Å². The number of amides is 2. The van der Waals surface area contributed by atoms with Crippen molar-refractivity contribution in [3.8, 4) is 0 Å². The number of nitrogens with one attached hydrogen (secondary N) is 1. The van der Waals surface area contributed by atoms with E-state index in [0.29, 0.717) is 18.5 Å². The molecule has 1 N–H and O–H groups in total. The van der Waals surface area contributed by atoms with Gasteiger partial charge in [0.15, 0.2) is 0 Å². The third-order valence-electron chi connectivity index (χ3n) is 4.27. The molecule has 3 rings (SSSR count). The van der Waals surface area contributed by atoms with Crippen LogP contribution < -0.4 is 10.2 Å². The molecular formula is C17H22N2O3. The molecule has 2 fully saturated rings. The fourth-order valence-corrected chi connectivity index (χ4v) is 3.06. The van der Waals surface area contributed by atoms with Gasteiger partial charge in [-0.1, -0.05) is 6.07 Å². The molecule has 22 heavy (non-hydrogen) atoms. The van der Waals surface area contributed by atoms with Gasteiger partial charge in [-0.3, -0.25) is 9.59 Å². The summed E-state index contributed by atoms with van der Waals surface area (Å²) in [5.74, 6) is 0.0439. The van der Waals surface area contributed by atoms with E-state index < -0.39 is 0 Å². The lowest BCUT2D eigenvalue weighted by Crippen LogP contribution is -2.28. The molecule has 1 aromatic rings. The minimum Gasteiger partial charge on any atom is -0.378 e. The molecule has 2 saturated heterocycles. The summed E-state index contributed by atoms with van der Waals surface area (Å²) in [6.45, 7) is 2.20. The van der Waals surface area contributed by atoms with Gasteiger partial charge in [-0.2, -0.15) is 0 Å². The predicted octanol–water partition coefficient (Wildman–Crippen LogP) is 2.11. The highest BCUT2D eigenvalue weighted by molar-refractivity contribution is 5.99. The van der Waals surface area contributed by atoms with Gasteiger partial charge in [-0.15, -0.1) is 0 Å². The van der Waals surface area contributed by atoms with Crippen LogP contribution in [0.15, 0.2) is 24.3 Å². The molecule has 0 unspecified atom stereocenters. The first-order valence-corrected chi connectivity index (χ1v) is 8.04. The molecule has 0 spiro atoms. The second-order valence-electron chi connectivity index (χ2n) is 5.88. The number of nitrogens with zero attached hydrogens (tertiary/aromatic N) is 1. The van der Waals surface area contributed by atoms with Crippen LogP contribution in [-0.4, -0.2) is 37.6 Å². The first kappa shape index (κ1) is 15.0. The Kier molecular flexibility index (Phi) is 4.73. The van der Waals surface area contributed by atoms with Crippen LogP contribution in [0.1, 0.15) is 42.5 Å². The Morgan fingerprint density at radius 3 is 3.00 bits per heavy atom. The number of hydrogen-bond donors (Lipinski definition) is 1. The van der Waals surface area contributed by atoms with Crippen LogP contribution in [-0.2, 0) is 9.53 Å². The van der Waals surface area contributed by atoms with Crippen LogP contribution in [0.4, 0.5) is 5.69 Å². The fraction of sp³-hybridized carbons (Fsp3) is 0.529. The van der Waals surface area contributed by atoms with E-state index in [2.05, 4.69) is 5.32 Å². The number of benzene rings is 1. The lowest BCUT2D eigenvalue weighted by atomic mass is 10.1. The maximum atomic E-state index is 12.2. The molecule has 0 radical (unpaired) electrons. The normalized spacial score (nSPS) is 21.4. The van der Waals surface area contributed by atoms with Gasteiger partial charge in [0.25, 0.3) is 5.91 Å². The van der Waals surface area contributed by atoms with E-state index in [1.807, 2.05) is 12.1 Å². The number of anilines is 1. The van der Waals surface area contributed by atoms with Gasteiger partial charge >= 0.3 is 0 Å². The summed E-state index contributed by atoms with van der Waals surface area (Å²) < 4.78 is 5.54. The zero-order valence-corrected chi connectivity index (χ0v) is 12.7. The van der Waals surface area contributed by atoms with E-state index in [-0.39, 0.29) is 17.9 Å². The topological polar surface area (TPSA) is 58.6 Å². The first-order chi connectivity index (χ1) is 10.7. The third kappa shape index (κ3) is 3.47. The summed E-state index contributed by atoms with van der Waals surface area (Å²) in [6, 6.07) is 7.29. The number of rotatable bonds is 5. The standard InChI is InChI=1S/C17H22N2O3/c20-16-7-2-10-19(16)14-5-1-4-13(12-14)17(21)18-9-8-15-6-3-11-22-15/h1,4-5,12,15H,2-3,6-11H2,(H,18,21)/t15-/m0/s1. The van der Waals surface area contributed by atoms with Crippen LogP contribution in [0, 0.1) is 0 Å². The van der Waals surface area contributed by atoms with E-state index in [1.165, 1.54) is 0 Å². The number of hydrogen-bond acceptors (Lipinski definition) is 3. The van der Waals surface area contributed by atoms with E-state index in [4.69, 9.17) is 4.74 Å². The van der Waals surface area contributed by atoms with E-state index >= 15 is 0 Å². The van der Waals surface area contributed by atoms with Crippen molar-refractivity contribution in [3.05, 3.63) is 29.8 Å². The van der Waals surface area contributed by atoms with Crippen molar-refractivity contribution in [2.24, 2.45) is 0 Å². The summed E-state index contributed by atoms with van der Waals surface area (Å²) in [6.07, 6.45) is 4.83. The summed E-state index contributed by atoms with van der Waals surface area (Å²) in [5, 5.41) is 2.93. The van der Waals surface area contributed by atoms with Gasteiger partial charge in [0, 0.05) is 37.4 Å². The summed E-state index contributed by atoms with van der Waals surface area (Å²) in [7, 11) is 0. The highest BCUT2D eigenvalue weighted by Gasteiger charge is 2.22. The Balaban J connectivity index is 1.56. The van der Waals surface area contributed by atoms with Crippen molar-refractivity contribution in [1.82, 2.24) is 5.32 Å². The van der Waals surface area contributed by atoms with Crippen molar-refractivity contribution in [2.75, 3.05) is 24.6 Å². The fourth-order valence-electron chi connectivity index (χ4n) is 3.06. The number of carbonyl (C=O) groups excluding carboxylic acids is 2. The van der Waals surface area contributed by atoms with Crippen molar-refractivity contribution >= 4 is 17.5 Å². The maximum absolute atomic E-state index is 12.2. The lowest BCUT2D eigenvalue weighted by Gasteiger charge is -2.16. The van der Waals surface area contributed by atoms with Gasteiger partial charge in [-0.05, 0) is 43.9 Å². The highest BCUT2D eigenvalue weighted by Crippen LogP contribution is 2.22. The Morgan fingerprint density at radius 2 is 2.27 bits per heavy atom. The predicted molar refractivity (Wildman–Crippen MR) is 84.0 cm³/mol. The summed E-state index contributed by atoms with van der Waals surface area (Å²) in [5.41, 5.74) is 1.42. The van der Waals surface area contributed by atoms with Gasteiger partial charge in [-0.25, -0.2) is 0 Å². The number of ether oxygens (including phenoxy) is 1. The molecule has 5 heteroatoms. The number of carbonyl (C=O) groups is 2. The zero-order chi connectivity index (χ0) is 15.4. The second kappa shape index (κ2) is 6.92. The van der Waals surface area contributed by atoms with E-state index in [9.17, 15) is 9.59 Å². The average molecular weight is 302 g/mol. The molecule has 2 amide bonds. The quantitative estimate of drug-likeness (QED) is 0.906. The Labute approximate surface area is 130 Å². The summed E-state index contributed by atoms with van der Waals surface area (Å²) in [4.78, 5) is 25.8. The molecule has 2 aliphatic rings. The zero-order valence-electron chi connectivity index (χ0n) is 12.7. The maximum Gasteiger partial charge on any atom is 0.251 e. The van der Waals surface area contributed by atoms with Gasteiger partial charge in [0.2, 0.25) is 5.91 Å². The van der Waals surface area contributed by atoms with Crippen LogP contribution in [0.5, 0.6) is 0 Å². The van der Waals surface area contributed by atoms with Crippen molar-refractivity contribution in [3.63, 3.8) is 0 Å². The monoisotopic (exact) mass is 302 g/mol. The van der Waals surface area contributed by atoms with Crippen molar-refractivity contribution in [2.45, 2.75) is 38.2 Å². The summed E-state index contributed by atoms with van der Waals surface area (Å²) >= 11 is 0. The second-order valence-corrected chi connectivity index (χ2v) is 5.88. The molecule has 1 atom stereocenters. The third-order valence-corrected chi connectivity index (χ3v) is 4.27. The largest absolute Gasteiger partial charge is 0.378 e. The Hall–Kier alpha value is -1.88. The molecule has 0 saturated carbocycles. The van der Waals surface area contributed by atoms with Crippen LogP contribution in [0.25, 0.3) is 0 Å². The minimum absolute atomic E-state index is 0.0912. The highest BCUT2D eigenvalue weighted by atomic mass is 16.5. The SMILES string of the molecule is O=C(NCC[C@@H]1CCCO1)c1cccc(N2CCCC2=O)c1.